The highest BCUT2D eigenvalue weighted by atomic mass is 16.5. The van der Waals surface area contributed by atoms with Gasteiger partial charge in [0, 0.05) is 12.1 Å². The summed E-state index contributed by atoms with van der Waals surface area (Å²) < 4.78 is 10.1. The number of hydrogen-bond acceptors (Lipinski definition) is 5. The Morgan fingerprint density at radius 1 is 1.27 bits per heavy atom. The molecule has 1 unspecified atom stereocenters. The highest BCUT2D eigenvalue weighted by molar-refractivity contribution is 6.08. The smallest absolute Gasteiger partial charge is 0.193 e. The average molecular weight is 302 g/mol. The van der Waals surface area contributed by atoms with Gasteiger partial charge in [0.25, 0.3) is 0 Å². The van der Waals surface area contributed by atoms with E-state index in [9.17, 15) is 15.0 Å². The Labute approximate surface area is 128 Å². The third-order valence-corrected chi connectivity index (χ3v) is 3.36. The minimum Gasteiger partial charge on any atom is -0.508 e. The van der Waals surface area contributed by atoms with Crippen molar-refractivity contribution in [2.45, 2.75) is 6.42 Å². The van der Waals surface area contributed by atoms with Crippen LogP contribution in [-0.4, -0.2) is 30.2 Å². The van der Waals surface area contributed by atoms with Crippen LogP contribution in [0.4, 0.5) is 0 Å². The molecule has 0 aromatic heterocycles. The van der Waals surface area contributed by atoms with Crippen LogP contribution in [0.5, 0.6) is 17.2 Å². The van der Waals surface area contributed by atoms with Gasteiger partial charge in [-0.25, -0.2) is 0 Å². The number of carbonyl (C=O) groups is 1. The molecule has 5 heteroatoms. The lowest BCUT2D eigenvalue weighted by atomic mass is 9.98. The normalized spacial score (nSPS) is 17.4. The Morgan fingerprint density at radius 3 is 2.64 bits per heavy atom. The van der Waals surface area contributed by atoms with Crippen LogP contribution in [-0.2, 0) is 4.74 Å². The molecule has 22 heavy (non-hydrogen) atoms. The van der Waals surface area contributed by atoms with E-state index in [1.54, 1.807) is 13.2 Å². The third-order valence-electron chi connectivity index (χ3n) is 3.36. The van der Waals surface area contributed by atoms with Crippen molar-refractivity contribution < 1.29 is 24.5 Å². The summed E-state index contributed by atoms with van der Waals surface area (Å²) in [5, 5.41) is 19.3. The molecule has 1 atom stereocenters. The molecule has 0 heterocycles. The van der Waals surface area contributed by atoms with Gasteiger partial charge in [0.15, 0.2) is 5.78 Å². The summed E-state index contributed by atoms with van der Waals surface area (Å²) in [6.45, 7) is 0. The van der Waals surface area contributed by atoms with Crippen LogP contribution in [0, 0.1) is 5.92 Å². The first-order chi connectivity index (χ1) is 10.5. The standard InChI is InChI=1S/C17H18O5/c1-21-13-6-3-11(4-7-13)5-8-14(19)17-15(20)9-12(18)10-16(17)22-2/h3,5-11,18,20H,4H2,1-2H3/b8-5+. The van der Waals surface area contributed by atoms with Crippen molar-refractivity contribution in [1.29, 1.82) is 0 Å². The Hall–Kier alpha value is -2.69. The first-order valence-corrected chi connectivity index (χ1v) is 6.80. The number of carbonyl (C=O) groups excluding carboxylic acids is 1. The zero-order chi connectivity index (χ0) is 16.1. The van der Waals surface area contributed by atoms with E-state index in [0.717, 1.165) is 18.2 Å². The summed E-state index contributed by atoms with van der Waals surface area (Å²) in [6.07, 6.45) is 9.63. The first-order valence-electron chi connectivity index (χ1n) is 6.80. The van der Waals surface area contributed by atoms with Crippen LogP contribution >= 0.6 is 0 Å². The van der Waals surface area contributed by atoms with Gasteiger partial charge in [0.2, 0.25) is 0 Å². The summed E-state index contributed by atoms with van der Waals surface area (Å²) in [5.41, 5.74) is 0.0319. The van der Waals surface area contributed by atoms with Crippen LogP contribution in [0.1, 0.15) is 16.8 Å². The van der Waals surface area contributed by atoms with E-state index in [2.05, 4.69) is 0 Å². The monoisotopic (exact) mass is 302 g/mol. The summed E-state index contributed by atoms with van der Waals surface area (Å²) in [4.78, 5) is 12.2. The molecule has 1 aromatic rings. The number of hydrogen-bond donors (Lipinski definition) is 2. The fourth-order valence-electron chi connectivity index (χ4n) is 2.20. The lowest BCUT2D eigenvalue weighted by Gasteiger charge is -2.12. The van der Waals surface area contributed by atoms with Gasteiger partial charge in [-0.1, -0.05) is 12.2 Å². The predicted molar refractivity (Wildman–Crippen MR) is 82.1 cm³/mol. The van der Waals surface area contributed by atoms with Gasteiger partial charge in [0.05, 0.1) is 14.2 Å². The largest absolute Gasteiger partial charge is 0.508 e. The highest BCUT2D eigenvalue weighted by Crippen LogP contribution is 2.33. The number of benzene rings is 1. The molecule has 0 spiro atoms. The average Bonchev–Trinajstić information content (AvgIpc) is 2.52. The second-order valence-corrected chi connectivity index (χ2v) is 4.83. The van der Waals surface area contributed by atoms with Crippen molar-refractivity contribution in [3.8, 4) is 17.2 Å². The second-order valence-electron chi connectivity index (χ2n) is 4.83. The number of ether oxygens (including phenoxy) is 2. The number of rotatable bonds is 5. The van der Waals surface area contributed by atoms with Crippen LogP contribution in [0.3, 0.4) is 0 Å². The SMILES string of the molecule is COC1=CCC(/C=C/C(=O)c2c(O)cc(O)cc2OC)C=C1. The fraction of sp³-hybridized carbons (Fsp3) is 0.235. The summed E-state index contributed by atoms with van der Waals surface area (Å²) in [6, 6.07) is 2.40. The maximum absolute atomic E-state index is 12.2. The molecule has 0 saturated carbocycles. The molecule has 1 aromatic carbocycles. The zero-order valence-electron chi connectivity index (χ0n) is 12.4. The molecule has 0 fully saturated rings. The van der Waals surface area contributed by atoms with Crippen molar-refractivity contribution in [3.63, 3.8) is 0 Å². The molecule has 5 nitrogen and oxygen atoms in total. The number of phenolic OH excluding ortho intramolecular Hbond substituents is 2. The first kappa shape index (κ1) is 15.7. The zero-order valence-corrected chi connectivity index (χ0v) is 12.4. The Kier molecular flexibility index (Phi) is 4.88. The minimum absolute atomic E-state index is 0.0319. The van der Waals surface area contributed by atoms with E-state index in [-0.39, 0.29) is 34.5 Å². The number of aromatic hydroxyl groups is 2. The van der Waals surface area contributed by atoms with Crippen molar-refractivity contribution >= 4 is 5.78 Å². The quantitative estimate of drug-likeness (QED) is 0.646. The van der Waals surface area contributed by atoms with Gasteiger partial charge in [-0.3, -0.25) is 4.79 Å². The third kappa shape index (κ3) is 3.49. The van der Waals surface area contributed by atoms with E-state index < -0.39 is 0 Å². The molecule has 0 radical (unpaired) electrons. The molecule has 116 valence electrons. The van der Waals surface area contributed by atoms with Gasteiger partial charge < -0.3 is 19.7 Å². The molecule has 2 rings (SSSR count). The Morgan fingerprint density at radius 2 is 2.05 bits per heavy atom. The minimum atomic E-state index is -0.385. The molecule has 0 amide bonds. The fourth-order valence-corrected chi connectivity index (χ4v) is 2.20. The van der Waals surface area contributed by atoms with E-state index in [1.807, 2.05) is 18.2 Å². The predicted octanol–water partition coefficient (Wildman–Crippen LogP) is 2.95. The highest BCUT2D eigenvalue weighted by Gasteiger charge is 2.17. The molecule has 1 aliphatic rings. The van der Waals surface area contributed by atoms with Crippen LogP contribution in [0.2, 0.25) is 0 Å². The lowest BCUT2D eigenvalue weighted by molar-refractivity contribution is 0.104. The van der Waals surface area contributed by atoms with E-state index >= 15 is 0 Å². The molecule has 0 saturated heterocycles. The van der Waals surface area contributed by atoms with Gasteiger partial charge in [-0.05, 0) is 30.6 Å². The summed E-state index contributed by atoms with van der Waals surface area (Å²) in [5.74, 6) is 0.161. The molecule has 2 N–H and O–H groups in total. The molecular formula is C17H18O5. The van der Waals surface area contributed by atoms with E-state index in [4.69, 9.17) is 9.47 Å². The Bertz CT molecular complexity index is 655. The van der Waals surface area contributed by atoms with Gasteiger partial charge in [0.1, 0.15) is 28.6 Å². The molecule has 0 aliphatic heterocycles. The lowest BCUT2D eigenvalue weighted by Crippen LogP contribution is -2.02. The van der Waals surface area contributed by atoms with Crippen molar-refractivity contribution in [2.24, 2.45) is 5.92 Å². The maximum Gasteiger partial charge on any atom is 0.193 e. The van der Waals surface area contributed by atoms with Gasteiger partial charge in [-0.2, -0.15) is 0 Å². The van der Waals surface area contributed by atoms with Crippen molar-refractivity contribution in [2.75, 3.05) is 14.2 Å². The number of allylic oxidation sites excluding steroid dienone is 5. The number of phenols is 2. The summed E-state index contributed by atoms with van der Waals surface area (Å²) in [7, 11) is 2.98. The van der Waals surface area contributed by atoms with E-state index in [1.165, 1.54) is 19.3 Å². The number of methoxy groups -OCH3 is 2. The van der Waals surface area contributed by atoms with E-state index in [0.29, 0.717) is 0 Å². The maximum atomic E-state index is 12.2. The summed E-state index contributed by atoms with van der Waals surface area (Å²) >= 11 is 0. The van der Waals surface area contributed by atoms with Crippen molar-refractivity contribution in [3.05, 3.63) is 53.8 Å². The van der Waals surface area contributed by atoms with Gasteiger partial charge in [-0.15, -0.1) is 0 Å². The molecule has 0 bridgehead atoms. The van der Waals surface area contributed by atoms with Crippen LogP contribution in [0.15, 0.2) is 48.3 Å². The van der Waals surface area contributed by atoms with Crippen LogP contribution in [0.25, 0.3) is 0 Å². The Balaban J connectivity index is 2.15. The topological polar surface area (TPSA) is 76.0 Å². The molecular weight excluding hydrogens is 284 g/mol. The molecule has 1 aliphatic carbocycles. The van der Waals surface area contributed by atoms with Crippen LogP contribution < -0.4 is 4.74 Å². The van der Waals surface area contributed by atoms with Crippen molar-refractivity contribution in [1.82, 2.24) is 0 Å². The second kappa shape index (κ2) is 6.85. The number of ketones is 1. The van der Waals surface area contributed by atoms with Gasteiger partial charge >= 0.3 is 0 Å².